The van der Waals surface area contributed by atoms with Gasteiger partial charge in [0, 0.05) is 12.1 Å². The number of aliphatic hydroxyl groups is 12. The predicted octanol–water partition coefficient (Wildman–Crippen LogP) is -7.83. The molecule has 272 valence electrons. The molecule has 4 saturated heterocycles. The summed E-state index contributed by atoms with van der Waals surface area (Å²) in [5, 5.41) is 125. The molecule has 4 fully saturated rings. The monoisotopic (exact) mass is 687 g/mol. The molecule has 0 radical (unpaired) electrons. The van der Waals surface area contributed by atoms with Crippen LogP contribution >= 0.6 is 0 Å². The van der Waals surface area contributed by atoms with Crippen LogP contribution < -0.4 is 0 Å². The quantitative estimate of drug-likeness (QED) is 0.101. The summed E-state index contributed by atoms with van der Waals surface area (Å²) in [7, 11) is 0. The van der Waals surface area contributed by atoms with Gasteiger partial charge in [-0.15, -0.1) is 0 Å². The molecule has 5 heterocycles. The molecule has 0 saturated carbocycles. The van der Waals surface area contributed by atoms with Gasteiger partial charge in [-0.2, -0.15) is 0 Å². The van der Waals surface area contributed by atoms with E-state index >= 15 is 0 Å². The molecule has 0 bridgehead atoms. The minimum absolute atomic E-state index is 0.422. The van der Waals surface area contributed by atoms with Crippen molar-refractivity contribution >= 4 is 5.71 Å². The van der Waals surface area contributed by atoms with Gasteiger partial charge in [-0.1, -0.05) is 0 Å². The van der Waals surface area contributed by atoms with E-state index in [1.165, 1.54) is 0 Å². The van der Waals surface area contributed by atoms with E-state index < -0.39 is 149 Å². The van der Waals surface area contributed by atoms with Crippen LogP contribution in [0.2, 0.25) is 0 Å². The topological polar surface area (TPSA) is 320 Å². The lowest BCUT2D eigenvalue weighted by atomic mass is 9.92. The van der Waals surface area contributed by atoms with Crippen LogP contribution in [0.4, 0.5) is 0 Å². The number of nitrogens with zero attached hydrogens (tertiary/aromatic N) is 1. The van der Waals surface area contributed by atoms with E-state index in [-0.39, 0.29) is 0 Å². The summed E-state index contributed by atoms with van der Waals surface area (Å²) >= 11 is 0. The second-order valence-corrected chi connectivity index (χ2v) is 12.4. The van der Waals surface area contributed by atoms with Crippen molar-refractivity contribution in [3.8, 4) is 0 Å². The van der Waals surface area contributed by atoms with Crippen molar-refractivity contribution in [3.63, 3.8) is 0 Å². The minimum atomic E-state index is -1.95. The summed E-state index contributed by atoms with van der Waals surface area (Å²) in [5.41, 5.74) is 0.712. The maximum absolute atomic E-state index is 11.3. The van der Waals surface area contributed by atoms with Crippen molar-refractivity contribution in [2.24, 2.45) is 4.99 Å². The Kier molecular flexibility index (Phi) is 12.2. The molecule has 12 N–H and O–H groups in total. The zero-order valence-corrected chi connectivity index (χ0v) is 25.3. The SMILES string of the molecule is CC1=NC2[C@@H](O)[C@H](O[C@@H]3OC(CO)[C@@H](O)[C@H](O[C@H]4OC(CO)[C@@H](O)C(O)C4O[C@H]4OC(CO)[C@@H](O)C(O)C4O)C3O)C(CO)O[C@@H]2C1. The second-order valence-electron chi connectivity index (χ2n) is 12.4. The Hall–Kier alpha value is -1.09. The minimum Gasteiger partial charge on any atom is -0.394 e. The molecule has 5 aliphatic rings. The molecule has 0 aromatic carbocycles. The third-order valence-corrected chi connectivity index (χ3v) is 9.20. The lowest BCUT2D eigenvalue weighted by Gasteiger charge is -2.49. The van der Waals surface area contributed by atoms with E-state index in [4.69, 9.17) is 33.2 Å². The van der Waals surface area contributed by atoms with Gasteiger partial charge in [0.2, 0.25) is 0 Å². The first-order valence-corrected chi connectivity index (χ1v) is 15.3. The maximum Gasteiger partial charge on any atom is 0.187 e. The fraction of sp³-hybridized carbons (Fsp3) is 0.963. The number of fused-ring (bicyclic) bond motifs is 1. The second kappa shape index (κ2) is 15.4. The lowest BCUT2D eigenvalue weighted by molar-refractivity contribution is -0.393. The lowest BCUT2D eigenvalue weighted by Crippen LogP contribution is -2.67. The highest BCUT2D eigenvalue weighted by Crippen LogP contribution is 2.36. The number of rotatable bonds is 10. The molecule has 20 atom stereocenters. The van der Waals surface area contributed by atoms with Gasteiger partial charge in [-0.25, -0.2) is 0 Å². The van der Waals surface area contributed by atoms with E-state index in [9.17, 15) is 61.3 Å². The Morgan fingerprint density at radius 3 is 1.60 bits per heavy atom. The maximum atomic E-state index is 11.3. The highest BCUT2D eigenvalue weighted by atomic mass is 16.8. The van der Waals surface area contributed by atoms with Crippen LogP contribution in [0.3, 0.4) is 0 Å². The number of hydrogen-bond donors (Lipinski definition) is 12. The highest BCUT2D eigenvalue weighted by molar-refractivity contribution is 5.84. The van der Waals surface area contributed by atoms with Gasteiger partial charge in [0.05, 0.1) is 32.5 Å². The van der Waals surface area contributed by atoms with Gasteiger partial charge in [0.1, 0.15) is 97.6 Å². The molecule has 0 amide bonds. The summed E-state index contributed by atoms with van der Waals surface area (Å²) < 4.78 is 39.7. The van der Waals surface area contributed by atoms with Crippen LogP contribution in [-0.2, 0) is 33.2 Å². The number of hydrogen-bond acceptors (Lipinski definition) is 20. The van der Waals surface area contributed by atoms with Crippen molar-refractivity contribution in [2.75, 3.05) is 26.4 Å². The zero-order valence-electron chi connectivity index (χ0n) is 25.3. The van der Waals surface area contributed by atoms with Crippen molar-refractivity contribution in [1.82, 2.24) is 0 Å². The molecule has 0 aliphatic carbocycles. The standard InChI is InChI=1S/C27H45NO19/c1-7-2-8-13(28-7)17(36)22(12(6-32)41-8)45-26-21(40)23(16(35)11(5-31)43-26)46-27-24(19(38)15(34)10(4-30)44-27)47-25-20(39)18(37)14(33)9(3-29)42-25/h8-27,29-40H,2-6H2,1H3/t8-,9?,10?,11?,12?,13?,14-,15-,16-,17-,18?,19?,20?,21?,22-,23+,24?,25-,26+,27-/m1/s1. The molecule has 5 rings (SSSR count). The molecular formula is C27H45NO19. The molecular weight excluding hydrogens is 642 g/mol. The summed E-state index contributed by atoms with van der Waals surface area (Å²) in [6.07, 6.45) is -30.3. The third-order valence-electron chi connectivity index (χ3n) is 9.20. The summed E-state index contributed by atoms with van der Waals surface area (Å²) in [6.45, 7) is -1.32. The Morgan fingerprint density at radius 1 is 0.511 bits per heavy atom. The normalized spacial score (nSPS) is 52.2. The van der Waals surface area contributed by atoms with Crippen LogP contribution in [0, 0.1) is 0 Å². The zero-order chi connectivity index (χ0) is 34.3. The van der Waals surface area contributed by atoms with Crippen LogP contribution in [0.25, 0.3) is 0 Å². The van der Waals surface area contributed by atoms with E-state index in [2.05, 4.69) is 4.99 Å². The van der Waals surface area contributed by atoms with Gasteiger partial charge in [-0.05, 0) is 6.92 Å². The average Bonchev–Trinajstić information content (AvgIpc) is 3.44. The highest BCUT2D eigenvalue weighted by Gasteiger charge is 2.56. The molecule has 10 unspecified atom stereocenters. The number of aliphatic hydroxyl groups excluding tert-OH is 12. The Morgan fingerprint density at radius 2 is 1.00 bits per heavy atom. The van der Waals surface area contributed by atoms with Gasteiger partial charge in [0.15, 0.2) is 18.9 Å². The summed E-state index contributed by atoms with van der Waals surface area (Å²) in [5.74, 6) is 0. The number of aliphatic imine (C=N–C) groups is 1. The van der Waals surface area contributed by atoms with E-state index in [0.717, 1.165) is 0 Å². The Bertz CT molecular complexity index is 1060. The smallest absolute Gasteiger partial charge is 0.187 e. The average molecular weight is 688 g/mol. The predicted molar refractivity (Wildman–Crippen MR) is 147 cm³/mol. The molecule has 20 nitrogen and oxygen atoms in total. The molecule has 20 heteroatoms. The van der Waals surface area contributed by atoms with Crippen LogP contribution in [0.15, 0.2) is 4.99 Å². The first-order chi connectivity index (χ1) is 22.3. The summed E-state index contributed by atoms with van der Waals surface area (Å²) in [4.78, 5) is 4.37. The van der Waals surface area contributed by atoms with Crippen molar-refractivity contribution in [1.29, 1.82) is 0 Å². The van der Waals surface area contributed by atoms with Gasteiger partial charge < -0.3 is 94.4 Å². The van der Waals surface area contributed by atoms with Crippen molar-refractivity contribution in [3.05, 3.63) is 0 Å². The van der Waals surface area contributed by atoms with Crippen molar-refractivity contribution < 1.29 is 94.4 Å². The molecule has 5 aliphatic heterocycles. The molecule has 0 aromatic heterocycles. The molecule has 0 aromatic rings. The summed E-state index contributed by atoms with van der Waals surface area (Å²) in [6, 6.07) is -0.742. The molecule has 0 spiro atoms. The van der Waals surface area contributed by atoms with Gasteiger partial charge in [-0.3, -0.25) is 4.99 Å². The first-order valence-electron chi connectivity index (χ1n) is 15.3. The Balaban J connectivity index is 1.37. The van der Waals surface area contributed by atoms with Crippen LogP contribution in [0.1, 0.15) is 13.3 Å². The fourth-order valence-electron chi connectivity index (χ4n) is 6.54. The van der Waals surface area contributed by atoms with E-state index in [1.807, 2.05) is 0 Å². The number of ether oxygens (including phenoxy) is 7. The Labute approximate surface area is 267 Å². The fourth-order valence-corrected chi connectivity index (χ4v) is 6.54. The van der Waals surface area contributed by atoms with E-state index in [0.29, 0.717) is 12.1 Å². The molecule has 47 heavy (non-hydrogen) atoms. The first kappa shape index (κ1) is 37.2. The largest absolute Gasteiger partial charge is 0.394 e. The van der Waals surface area contributed by atoms with E-state index in [1.54, 1.807) is 6.92 Å². The van der Waals surface area contributed by atoms with Gasteiger partial charge >= 0.3 is 0 Å². The van der Waals surface area contributed by atoms with Crippen LogP contribution in [-0.4, -0.2) is 216 Å². The van der Waals surface area contributed by atoms with Crippen molar-refractivity contribution in [2.45, 2.75) is 136 Å². The van der Waals surface area contributed by atoms with Crippen LogP contribution in [0.5, 0.6) is 0 Å². The van der Waals surface area contributed by atoms with Gasteiger partial charge in [0.25, 0.3) is 0 Å². The third kappa shape index (κ3) is 7.23.